The minimum atomic E-state index is -1.28. The molecule has 1 aliphatic carbocycles. The van der Waals surface area contributed by atoms with Crippen LogP contribution in [0.3, 0.4) is 0 Å². The van der Waals surface area contributed by atoms with Gasteiger partial charge in [0.15, 0.2) is 17.7 Å². The number of nitrogens with zero attached hydrogens (tertiary/aromatic N) is 1. The molecule has 1 heterocycles. The third-order valence-electron chi connectivity index (χ3n) is 4.85. The lowest BCUT2D eigenvalue weighted by atomic mass is 9.96. The number of anilines is 1. The lowest BCUT2D eigenvalue weighted by Gasteiger charge is -2.21. The van der Waals surface area contributed by atoms with Gasteiger partial charge in [-0.05, 0) is 44.7 Å². The number of rotatable bonds is 6. The van der Waals surface area contributed by atoms with Crippen molar-refractivity contribution in [2.24, 2.45) is 5.92 Å². The first-order valence-corrected chi connectivity index (χ1v) is 8.71. The first-order valence-electron chi connectivity index (χ1n) is 8.71. The fourth-order valence-corrected chi connectivity index (χ4v) is 3.03. The molecule has 3 rings (SSSR count). The standard InChI is InChI=1S/C18H19F2N3O5/c1-9(15(25)21-11-5-6-12(19)13(20)7-11)28-14(24)8-23-16(26)18(2,10-3-4-10)22-17(23)27/h5-7,9-10H,3-4,8H2,1-2H3,(H,21,25)(H,22,27)/t9-,18-/m0/s1. The maximum absolute atomic E-state index is 13.2. The number of benzene rings is 1. The van der Waals surface area contributed by atoms with E-state index in [-0.39, 0.29) is 11.6 Å². The summed E-state index contributed by atoms with van der Waals surface area (Å²) in [6.07, 6.45) is 0.362. The van der Waals surface area contributed by atoms with E-state index in [0.29, 0.717) is 0 Å². The molecule has 150 valence electrons. The number of nitrogens with one attached hydrogen (secondary N) is 2. The molecule has 0 unspecified atom stereocenters. The van der Waals surface area contributed by atoms with Crippen molar-refractivity contribution in [2.75, 3.05) is 11.9 Å². The summed E-state index contributed by atoms with van der Waals surface area (Å²) in [4.78, 5) is 49.4. The third-order valence-corrected chi connectivity index (χ3v) is 4.85. The zero-order valence-electron chi connectivity index (χ0n) is 15.3. The summed E-state index contributed by atoms with van der Waals surface area (Å²) in [6, 6.07) is 2.09. The smallest absolute Gasteiger partial charge is 0.327 e. The van der Waals surface area contributed by atoms with E-state index in [4.69, 9.17) is 4.74 Å². The number of amides is 4. The minimum absolute atomic E-state index is 0.0129. The number of hydrogen-bond donors (Lipinski definition) is 2. The molecule has 1 saturated heterocycles. The summed E-state index contributed by atoms with van der Waals surface area (Å²) in [5, 5.41) is 4.88. The number of hydrogen-bond acceptors (Lipinski definition) is 5. The van der Waals surface area contributed by atoms with E-state index < -0.39 is 53.6 Å². The van der Waals surface area contributed by atoms with Crippen LogP contribution in [-0.2, 0) is 19.1 Å². The minimum Gasteiger partial charge on any atom is -0.451 e. The molecule has 2 fully saturated rings. The van der Waals surface area contributed by atoms with E-state index in [2.05, 4.69) is 10.6 Å². The summed E-state index contributed by atoms with van der Waals surface area (Å²) >= 11 is 0. The van der Waals surface area contributed by atoms with Gasteiger partial charge in [0.05, 0.1) is 0 Å². The fourth-order valence-electron chi connectivity index (χ4n) is 3.03. The molecule has 1 aliphatic heterocycles. The molecule has 28 heavy (non-hydrogen) atoms. The Balaban J connectivity index is 1.55. The predicted molar refractivity (Wildman–Crippen MR) is 91.9 cm³/mol. The van der Waals surface area contributed by atoms with Crippen molar-refractivity contribution < 1.29 is 32.7 Å². The molecular formula is C18H19F2N3O5. The highest BCUT2D eigenvalue weighted by molar-refractivity contribution is 6.09. The molecule has 10 heteroatoms. The van der Waals surface area contributed by atoms with Crippen LogP contribution in [0, 0.1) is 17.6 Å². The SMILES string of the molecule is C[C@H](OC(=O)CN1C(=O)N[C@@](C)(C2CC2)C1=O)C(=O)Nc1ccc(F)c(F)c1. The average molecular weight is 395 g/mol. The van der Waals surface area contributed by atoms with E-state index in [9.17, 15) is 28.0 Å². The number of halogens is 2. The molecule has 0 aromatic heterocycles. The second-order valence-electron chi connectivity index (χ2n) is 7.05. The first-order chi connectivity index (χ1) is 13.1. The van der Waals surface area contributed by atoms with Crippen LogP contribution in [-0.4, -0.2) is 46.9 Å². The number of carbonyl (C=O) groups is 4. The van der Waals surface area contributed by atoms with Crippen molar-refractivity contribution in [1.82, 2.24) is 10.2 Å². The van der Waals surface area contributed by atoms with Crippen molar-refractivity contribution in [3.63, 3.8) is 0 Å². The molecule has 1 saturated carbocycles. The Morgan fingerprint density at radius 1 is 1.32 bits per heavy atom. The molecule has 1 aromatic rings. The number of carbonyl (C=O) groups excluding carboxylic acids is 4. The van der Waals surface area contributed by atoms with Gasteiger partial charge in [-0.1, -0.05) is 0 Å². The normalized spacial score (nSPS) is 22.6. The van der Waals surface area contributed by atoms with E-state index in [1.165, 1.54) is 6.92 Å². The monoisotopic (exact) mass is 395 g/mol. The van der Waals surface area contributed by atoms with Crippen molar-refractivity contribution in [1.29, 1.82) is 0 Å². The van der Waals surface area contributed by atoms with Gasteiger partial charge in [0.2, 0.25) is 0 Å². The zero-order chi connectivity index (χ0) is 20.6. The highest BCUT2D eigenvalue weighted by Crippen LogP contribution is 2.42. The van der Waals surface area contributed by atoms with Crippen molar-refractivity contribution >= 4 is 29.5 Å². The number of imide groups is 1. The van der Waals surface area contributed by atoms with Gasteiger partial charge >= 0.3 is 12.0 Å². The maximum atomic E-state index is 13.2. The Hall–Kier alpha value is -3.04. The van der Waals surface area contributed by atoms with E-state index in [1.54, 1.807) is 6.92 Å². The largest absolute Gasteiger partial charge is 0.451 e. The van der Waals surface area contributed by atoms with Crippen molar-refractivity contribution in [2.45, 2.75) is 38.3 Å². The molecule has 2 aliphatic rings. The quantitative estimate of drug-likeness (QED) is 0.562. The van der Waals surface area contributed by atoms with Gasteiger partial charge < -0.3 is 15.4 Å². The molecule has 1 aromatic carbocycles. The van der Waals surface area contributed by atoms with Crippen LogP contribution < -0.4 is 10.6 Å². The Morgan fingerprint density at radius 3 is 2.61 bits per heavy atom. The Morgan fingerprint density at radius 2 is 2.00 bits per heavy atom. The topological polar surface area (TPSA) is 105 Å². The van der Waals surface area contributed by atoms with Crippen LogP contribution >= 0.6 is 0 Å². The summed E-state index contributed by atoms with van der Waals surface area (Å²) in [7, 11) is 0. The van der Waals surface area contributed by atoms with E-state index in [0.717, 1.165) is 35.9 Å². The molecule has 2 N–H and O–H groups in total. The molecule has 8 nitrogen and oxygen atoms in total. The van der Waals surface area contributed by atoms with E-state index >= 15 is 0 Å². The molecule has 0 radical (unpaired) electrons. The summed E-state index contributed by atoms with van der Waals surface area (Å²) in [6.45, 7) is 2.26. The molecular weight excluding hydrogens is 376 g/mol. The predicted octanol–water partition coefficient (Wildman–Crippen LogP) is 1.56. The third kappa shape index (κ3) is 3.80. The first kappa shape index (κ1) is 19.7. The van der Waals surface area contributed by atoms with Crippen LogP contribution in [0.1, 0.15) is 26.7 Å². The van der Waals surface area contributed by atoms with Gasteiger partial charge in [0.25, 0.3) is 11.8 Å². The van der Waals surface area contributed by atoms with Crippen molar-refractivity contribution in [3.8, 4) is 0 Å². The number of esters is 1. The number of ether oxygens (including phenoxy) is 1. The number of urea groups is 1. The van der Waals surface area contributed by atoms with Gasteiger partial charge in [0, 0.05) is 11.8 Å². The van der Waals surface area contributed by atoms with Gasteiger partial charge in [-0.15, -0.1) is 0 Å². The molecule has 2 atom stereocenters. The van der Waals surface area contributed by atoms with Gasteiger partial charge in [0.1, 0.15) is 12.1 Å². The van der Waals surface area contributed by atoms with Crippen molar-refractivity contribution in [3.05, 3.63) is 29.8 Å². The van der Waals surface area contributed by atoms with Gasteiger partial charge in [-0.2, -0.15) is 0 Å². The Bertz CT molecular complexity index is 858. The summed E-state index contributed by atoms with van der Waals surface area (Å²) < 4.78 is 31.0. The Labute approximate surface area is 159 Å². The fraction of sp³-hybridized carbons (Fsp3) is 0.444. The van der Waals surface area contributed by atoms with Crippen LogP contribution in [0.25, 0.3) is 0 Å². The lowest BCUT2D eigenvalue weighted by molar-refractivity contribution is -0.155. The molecule has 0 spiro atoms. The second kappa shape index (κ2) is 7.17. The van der Waals surface area contributed by atoms with Gasteiger partial charge in [-0.3, -0.25) is 19.3 Å². The molecule has 4 amide bonds. The lowest BCUT2D eigenvalue weighted by Crippen LogP contribution is -2.46. The summed E-state index contributed by atoms with van der Waals surface area (Å²) in [5.41, 5.74) is -1.03. The highest BCUT2D eigenvalue weighted by atomic mass is 19.2. The summed E-state index contributed by atoms with van der Waals surface area (Å²) in [5.74, 6) is -4.39. The zero-order valence-corrected chi connectivity index (χ0v) is 15.3. The Kier molecular flexibility index (Phi) is 5.05. The second-order valence-corrected chi connectivity index (χ2v) is 7.05. The van der Waals surface area contributed by atoms with Crippen LogP contribution in [0.2, 0.25) is 0 Å². The maximum Gasteiger partial charge on any atom is 0.327 e. The van der Waals surface area contributed by atoms with Crippen LogP contribution in [0.15, 0.2) is 18.2 Å². The van der Waals surface area contributed by atoms with Crippen LogP contribution in [0.4, 0.5) is 19.3 Å². The molecule has 0 bridgehead atoms. The average Bonchev–Trinajstić information content (AvgIpc) is 3.44. The van der Waals surface area contributed by atoms with Crippen LogP contribution in [0.5, 0.6) is 0 Å². The van der Waals surface area contributed by atoms with E-state index in [1.807, 2.05) is 0 Å². The van der Waals surface area contributed by atoms with Gasteiger partial charge in [-0.25, -0.2) is 13.6 Å². The highest BCUT2D eigenvalue weighted by Gasteiger charge is 2.56.